The predicted molar refractivity (Wildman–Crippen MR) is 81.2 cm³/mol. The van der Waals surface area contributed by atoms with E-state index in [1.165, 1.54) is 4.31 Å². The fourth-order valence-electron chi connectivity index (χ4n) is 2.43. The van der Waals surface area contributed by atoms with Gasteiger partial charge in [-0.3, -0.25) is 0 Å². The van der Waals surface area contributed by atoms with E-state index < -0.39 is 10.0 Å². The molecule has 0 aliphatic carbocycles. The van der Waals surface area contributed by atoms with Crippen molar-refractivity contribution in [1.29, 1.82) is 0 Å². The van der Waals surface area contributed by atoms with Crippen LogP contribution in [-0.2, 0) is 23.0 Å². The van der Waals surface area contributed by atoms with Crippen LogP contribution in [0.15, 0.2) is 23.1 Å². The maximum absolute atomic E-state index is 12.9. The number of sulfonamides is 1. The zero-order chi connectivity index (χ0) is 15.0. The number of benzene rings is 1. The maximum atomic E-state index is 12.9. The van der Waals surface area contributed by atoms with Gasteiger partial charge in [0.1, 0.15) is 0 Å². The second kappa shape index (κ2) is 5.47. The van der Waals surface area contributed by atoms with Gasteiger partial charge in [0.05, 0.1) is 4.90 Å². The third-order valence-corrected chi connectivity index (χ3v) is 6.61. The molecule has 112 valence electrons. The fourth-order valence-corrected chi connectivity index (χ4v) is 4.30. The summed E-state index contributed by atoms with van der Waals surface area (Å²) in [7, 11) is -1.76. The van der Waals surface area contributed by atoms with Gasteiger partial charge < -0.3 is 5.32 Å². The van der Waals surface area contributed by atoms with Crippen molar-refractivity contribution in [3.05, 3.63) is 29.3 Å². The van der Waals surface area contributed by atoms with Gasteiger partial charge in [-0.2, -0.15) is 4.31 Å². The lowest BCUT2D eigenvalue weighted by Gasteiger charge is -2.34. The summed E-state index contributed by atoms with van der Waals surface area (Å²) in [4.78, 5) is 0.473. The first-order valence-electron chi connectivity index (χ1n) is 7.11. The van der Waals surface area contributed by atoms with Crippen LogP contribution in [0.1, 0.15) is 38.3 Å². The molecule has 1 aromatic rings. The zero-order valence-corrected chi connectivity index (χ0v) is 13.5. The molecule has 0 saturated carbocycles. The fraction of sp³-hybridized carbons (Fsp3) is 0.600. The van der Waals surface area contributed by atoms with Crippen molar-refractivity contribution in [2.75, 3.05) is 13.6 Å². The highest BCUT2D eigenvalue weighted by Crippen LogP contribution is 2.29. The topological polar surface area (TPSA) is 49.4 Å². The smallest absolute Gasteiger partial charge is 0.243 e. The highest BCUT2D eigenvalue weighted by molar-refractivity contribution is 7.89. The summed E-state index contributed by atoms with van der Waals surface area (Å²) in [5, 5.41) is 3.28. The third-order valence-electron chi connectivity index (χ3n) is 4.45. The zero-order valence-electron chi connectivity index (χ0n) is 12.7. The molecular weight excluding hydrogens is 272 g/mol. The van der Waals surface area contributed by atoms with Crippen LogP contribution in [0.4, 0.5) is 0 Å². The van der Waals surface area contributed by atoms with Gasteiger partial charge in [-0.25, -0.2) is 8.42 Å². The number of hydrogen-bond acceptors (Lipinski definition) is 3. The normalized spacial score (nSPS) is 16.2. The summed E-state index contributed by atoms with van der Waals surface area (Å²) < 4.78 is 27.3. The first-order valence-corrected chi connectivity index (χ1v) is 8.55. The minimum Gasteiger partial charge on any atom is -0.312 e. The molecule has 0 bridgehead atoms. The van der Waals surface area contributed by atoms with Crippen molar-refractivity contribution in [1.82, 2.24) is 9.62 Å². The van der Waals surface area contributed by atoms with E-state index in [0.29, 0.717) is 4.90 Å². The van der Waals surface area contributed by atoms with E-state index in [-0.39, 0.29) is 5.54 Å². The molecule has 1 aromatic carbocycles. The van der Waals surface area contributed by atoms with Gasteiger partial charge >= 0.3 is 0 Å². The molecule has 0 spiro atoms. The summed E-state index contributed by atoms with van der Waals surface area (Å²) in [6, 6.07) is 5.58. The minimum atomic E-state index is -3.44. The Morgan fingerprint density at radius 3 is 2.70 bits per heavy atom. The SMILES string of the molecule is CCC(C)(C)N(C)S(=O)(=O)c1cccc2c1CCNC2. The molecular formula is C15H24N2O2S. The lowest BCUT2D eigenvalue weighted by atomic mass is 10.0. The van der Waals surface area contributed by atoms with Crippen LogP contribution in [0.5, 0.6) is 0 Å². The maximum Gasteiger partial charge on any atom is 0.243 e. The Morgan fingerprint density at radius 2 is 2.05 bits per heavy atom. The summed E-state index contributed by atoms with van der Waals surface area (Å²) in [6.45, 7) is 7.51. The molecule has 0 amide bonds. The van der Waals surface area contributed by atoms with Crippen LogP contribution in [0.25, 0.3) is 0 Å². The number of nitrogens with one attached hydrogen (secondary N) is 1. The Morgan fingerprint density at radius 1 is 1.35 bits per heavy atom. The van der Waals surface area contributed by atoms with Gasteiger partial charge in [-0.1, -0.05) is 19.1 Å². The highest BCUT2D eigenvalue weighted by atomic mass is 32.2. The molecule has 1 N–H and O–H groups in total. The average Bonchev–Trinajstić information content (AvgIpc) is 2.45. The molecule has 1 aliphatic rings. The van der Waals surface area contributed by atoms with Gasteiger partial charge in [0.15, 0.2) is 0 Å². The Balaban J connectivity index is 2.50. The van der Waals surface area contributed by atoms with Crippen molar-refractivity contribution >= 4 is 10.0 Å². The minimum absolute atomic E-state index is 0.380. The largest absolute Gasteiger partial charge is 0.312 e. The predicted octanol–water partition coefficient (Wildman–Crippen LogP) is 2.14. The summed E-state index contributed by atoms with van der Waals surface area (Å²) in [6.07, 6.45) is 1.55. The first kappa shape index (κ1) is 15.5. The van der Waals surface area contributed by atoms with Crippen LogP contribution in [0.2, 0.25) is 0 Å². The van der Waals surface area contributed by atoms with E-state index in [1.54, 1.807) is 13.1 Å². The quantitative estimate of drug-likeness (QED) is 0.926. The molecule has 1 aliphatic heterocycles. The van der Waals surface area contributed by atoms with Crippen molar-refractivity contribution in [2.24, 2.45) is 0 Å². The summed E-state index contributed by atoms with van der Waals surface area (Å²) in [5.74, 6) is 0. The molecule has 20 heavy (non-hydrogen) atoms. The molecule has 0 fully saturated rings. The molecule has 2 rings (SSSR count). The van der Waals surface area contributed by atoms with Gasteiger partial charge in [0.25, 0.3) is 0 Å². The molecule has 0 aromatic heterocycles. The Labute approximate surface area is 122 Å². The van der Waals surface area contributed by atoms with E-state index in [9.17, 15) is 8.42 Å². The lowest BCUT2D eigenvalue weighted by Crippen LogP contribution is -2.44. The molecule has 0 unspecified atom stereocenters. The molecule has 1 heterocycles. The van der Waals surface area contributed by atoms with E-state index in [0.717, 1.165) is 37.1 Å². The van der Waals surface area contributed by atoms with Crippen molar-refractivity contribution in [2.45, 2.75) is 50.6 Å². The third kappa shape index (κ3) is 2.62. The van der Waals surface area contributed by atoms with Crippen molar-refractivity contribution in [3.8, 4) is 0 Å². The number of rotatable bonds is 4. The molecule has 0 saturated heterocycles. The number of hydrogen-bond donors (Lipinski definition) is 1. The van der Waals surface area contributed by atoms with Crippen molar-refractivity contribution in [3.63, 3.8) is 0 Å². The second-order valence-electron chi connectivity index (χ2n) is 5.96. The van der Waals surface area contributed by atoms with Crippen LogP contribution in [0, 0.1) is 0 Å². The average molecular weight is 296 g/mol. The van der Waals surface area contributed by atoms with Crippen LogP contribution < -0.4 is 5.32 Å². The first-order chi connectivity index (χ1) is 9.30. The van der Waals surface area contributed by atoms with Gasteiger partial charge in [0, 0.05) is 19.1 Å². The highest BCUT2D eigenvalue weighted by Gasteiger charge is 2.34. The molecule has 0 radical (unpaired) electrons. The van der Waals surface area contributed by atoms with Crippen molar-refractivity contribution < 1.29 is 8.42 Å². The Hall–Kier alpha value is -0.910. The lowest BCUT2D eigenvalue weighted by molar-refractivity contribution is 0.257. The second-order valence-corrected chi connectivity index (χ2v) is 7.90. The summed E-state index contributed by atoms with van der Waals surface area (Å²) in [5.41, 5.74) is 1.69. The van der Waals surface area contributed by atoms with Gasteiger partial charge in [-0.15, -0.1) is 0 Å². The number of nitrogens with zero attached hydrogens (tertiary/aromatic N) is 1. The molecule has 5 heteroatoms. The standard InChI is InChI=1S/C15H24N2O2S/c1-5-15(2,3)17(4)20(18,19)14-8-6-7-12-11-16-10-9-13(12)14/h6-8,16H,5,9-11H2,1-4H3. The van der Waals surface area contributed by atoms with E-state index in [2.05, 4.69) is 5.32 Å². The van der Waals surface area contributed by atoms with E-state index >= 15 is 0 Å². The van der Waals surface area contributed by atoms with Gasteiger partial charge in [0.2, 0.25) is 10.0 Å². The molecule has 0 atom stereocenters. The summed E-state index contributed by atoms with van der Waals surface area (Å²) >= 11 is 0. The Bertz CT molecular complexity index is 594. The monoisotopic (exact) mass is 296 g/mol. The Kier molecular flexibility index (Phi) is 4.23. The van der Waals surface area contributed by atoms with E-state index in [1.807, 2.05) is 32.9 Å². The number of fused-ring (bicyclic) bond motifs is 1. The van der Waals surface area contributed by atoms with E-state index in [4.69, 9.17) is 0 Å². The van der Waals surface area contributed by atoms with Gasteiger partial charge in [-0.05, 0) is 50.4 Å². The van der Waals surface area contributed by atoms with Crippen LogP contribution in [0.3, 0.4) is 0 Å². The van der Waals surface area contributed by atoms with Crippen LogP contribution >= 0.6 is 0 Å². The molecule has 4 nitrogen and oxygen atoms in total. The van der Waals surface area contributed by atoms with Crippen LogP contribution in [-0.4, -0.2) is 31.9 Å².